The molecule has 0 aromatic heterocycles. The lowest BCUT2D eigenvalue weighted by Crippen LogP contribution is -2.54. The molecule has 3 aromatic rings. The third-order valence-electron chi connectivity index (χ3n) is 9.82. The number of hydrogen-bond donors (Lipinski definition) is 1. The van der Waals surface area contributed by atoms with E-state index in [4.69, 9.17) is 9.47 Å². The number of carbonyl (C=O) groups is 3. The maximum Gasteiger partial charge on any atom is 0.335 e. The second kappa shape index (κ2) is 12.2. The van der Waals surface area contributed by atoms with Gasteiger partial charge in [-0.2, -0.15) is 0 Å². The zero-order valence-electron chi connectivity index (χ0n) is 25.0. The van der Waals surface area contributed by atoms with E-state index in [1.54, 1.807) is 12.1 Å². The molecule has 0 atom stereocenters. The molecule has 0 radical (unpaired) electrons. The minimum absolute atomic E-state index is 0.137. The second-order valence-electron chi connectivity index (χ2n) is 12.9. The van der Waals surface area contributed by atoms with Crippen LogP contribution in [0.2, 0.25) is 0 Å². The number of barbiturate groups is 1. The summed E-state index contributed by atoms with van der Waals surface area (Å²) in [5, 5.41) is 2.35. The quantitative estimate of drug-likeness (QED) is 0.142. The molecule has 45 heavy (non-hydrogen) atoms. The van der Waals surface area contributed by atoms with Crippen molar-refractivity contribution in [2.45, 2.75) is 57.5 Å². The molecule has 1 N–H and O–H groups in total. The normalized spacial score (nSPS) is 26.4. The molecule has 7 nitrogen and oxygen atoms in total. The fourth-order valence-corrected chi connectivity index (χ4v) is 9.23. The Morgan fingerprint density at radius 3 is 2.20 bits per heavy atom. The number of rotatable bonds is 8. The standard InChI is InChI=1S/C36H34BrIN2O5/c1-2-44-31-16-22(15-30(37)32(31)45-20-21-3-7-27(38)8-4-21)14-29-33(41)39-35(43)40(34(29)42)28-9-5-26(6-10-28)36-17-23-11-24(18-36)13-25(12-23)19-36/h3-10,14-16,23-25H,2,11-13,17-20H2,1H3,(H,39,41,43)/b29-14+. The first kappa shape index (κ1) is 30.5. The predicted octanol–water partition coefficient (Wildman–Crippen LogP) is 8.17. The molecule has 4 amide bonds. The summed E-state index contributed by atoms with van der Waals surface area (Å²) in [7, 11) is 0. The summed E-state index contributed by atoms with van der Waals surface area (Å²) in [6.07, 6.45) is 9.29. The third kappa shape index (κ3) is 5.93. The van der Waals surface area contributed by atoms with Crippen LogP contribution in [0.5, 0.6) is 11.5 Å². The Kier molecular flexibility index (Phi) is 8.27. The number of hydrogen-bond acceptors (Lipinski definition) is 5. The Balaban J connectivity index is 1.14. The Labute approximate surface area is 285 Å². The van der Waals surface area contributed by atoms with Gasteiger partial charge in [0.2, 0.25) is 0 Å². The summed E-state index contributed by atoms with van der Waals surface area (Å²) in [5.74, 6) is 2.05. The first-order valence-corrected chi connectivity index (χ1v) is 17.4. The van der Waals surface area contributed by atoms with Crippen LogP contribution >= 0.6 is 38.5 Å². The van der Waals surface area contributed by atoms with Crippen molar-refractivity contribution in [2.24, 2.45) is 17.8 Å². The van der Waals surface area contributed by atoms with E-state index in [9.17, 15) is 14.4 Å². The topological polar surface area (TPSA) is 84.9 Å². The molecule has 232 valence electrons. The number of urea groups is 1. The van der Waals surface area contributed by atoms with Crippen LogP contribution in [0, 0.1) is 21.3 Å². The van der Waals surface area contributed by atoms with Gasteiger partial charge in [-0.25, -0.2) is 9.69 Å². The number of imide groups is 2. The van der Waals surface area contributed by atoms with Crippen LogP contribution in [0.1, 0.15) is 62.1 Å². The molecule has 5 fully saturated rings. The van der Waals surface area contributed by atoms with Gasteiger partial charge in [0.05, 0.1) is 16.8 Å². The summed E-state index contributed by atoms with van der Waals surface area (Å²) in [4.78, 5) is 40.7. The van der Waals surface area contributed by atoms with Gasteiger partial charge in [0.15, 0.2) is 11.5 Å². The number of ether oxygens (including phenoxy) is 2. The number of nitrogens with one attached hydrogen (secondary N) is 1. The number of amides is 4. The summed E-state index contributed by atoms with van der Waals surface area (Å²) >= 11 is 5.85. The maximum absolute atomic E-state index is 13.7. The van der Waals surface area contributed by atoms with E-state index in [1.807, 2.05) is 43.3 Å². The molecule has 1 saturated heterocycles. The van der Waals surface area contributed by atoms with Crippen molar-refractivity contribution in [2.75, 3.05) is 11.5 Å². The largest absolute Gasteiger partial charge is 0.490 e. The van der Waals surface area contributed by atoms with Crippen molar-refractivity contribution in [1.29, 1.82) is 0 Å². The number of nitrogens with zero attached hydrogens (tertiary/aromatic N) is 1. The van der Waals surface area contributed by atoms with Crippen LogP contribution in [0.3, 0.4) is 0 Å². The van der Waals surface area contributed by atoms with Crippen molar-refractivity contribution in [3.8, 4) is 11.5 Å². The van der Waals surface area contributed by atoms with Crippen molar-refractivity contribution in [1.82, 2.24) is 5.32 Å². The highest BCUT2D eigenvalue weighted by molar-refractivity contribution is 14.1. The summed E-state index contributed by atoms with van der Waals surface area (Å²) in [5.41, 5.74) is 3.39. The molecule has 4 aliphatic carbocycles. The van der Waals surface area contributed by atoms with Gasteiger partial charge in [0.25, 0.3) is 11.8 Å². The van der Waals surface area contributed by atoms with Crippen LogP contribution < -0.4 is 19.7 Å². The van der Waals surface area contributed by atoms with Crippen molar-refractivity contribution in [3.63, 3.8) is 0 Å². The first-order valence-electron chi connectivity index (χ1n) is 15.6. The van der Waals surface area contributed by atoms with Gasteiger partial charge >= 0.3 is 6.03 Å². The number of anilines is 1. The van der Waals surface area contributed by atoms with Crippen LogP contribution in [0.25, 0.3) is 6.08 Å². The van der Waals surface area contributed by atoms with Crippen LogP contribution in [0.15, 0.2) is 70.7 Å². The summed E-state index contributed by atoms with van der Waals surface area (Å²) < 4.78 is 13.7. The smallest absolute Gasteiger partial charge is 0.335 e. The van der Waals surface area contributed by atoms with Gasteiger partial charge in [-0.3, -0.25) is 14.9 Å². The van der Waals surface area contributed by atoms with E-state index in [0.29, 0.717) is 40.4 Å². The Morgan fingerprint density at radius 2 is 1.58 bits per heavy atom. The molecule has 8 rings (SSSR count). The predicted molar refractivity (Wildman–Crippen MR) is 184 cm³/mol. The highest BCUT2D eigenvalue weighted by atomic mass is 127. The lowest BCUT2D eigenvalue weighted by molar-refractivity contribution is -0.122. The molecule has 1 aliphatic heterocycles. The minimum Gasteiger partial charge on any atom is -0.490 e. The van der Waals surface area contributed by atoms with Gasteiger partial charge in [-0.1, -0.05) is 24.3 Å². The molecule has 4 bridgehead atoms. The van der Waals surface area contributed by atoms with Gasteiger partial charge < -0.3 is 9.47 Å². The molecule has 9 heteroatoms. The van der Waals surface area contributed by atoms with Crippen molar-refractivity contribution >= 4 is 68.1 Å². The zero-order chi connectivity index (χ0) is 31.3. The molecule has 4 saturated carbocycles. The molecule has 0 spiro atoms. The number of halogens is 2. The molecular formula is C36H34BrIN2O5. The Morgan fingerprint density at radius 1 is 0.933 bits per heavy atom. The third-order valence-corrected chi connectivity index (χ3v) is 11.1. The van der Waals surface area contributed by atoms with Crippen LogP contribution in [0.4, 0.5) is 10.5 Å². The lowest BCUT2D eigenvalue weighted by Gasteiger charge is -2.57. The Hall–Kier alpha value is -3.18. The van der Waals surface area contributed by atoms with Gasteiger partial charge in [-0.05, 0) is 166 Å². The van der Waals surface area contributed by atoms with Crippen LogP contribution in [-0.2, 0) is 21.6 Å². The summed E-state index contributed by atoms with van der Waals surface area (Å²) in [6.45, 7) is 2.61. The lowest BCUT2D eigenvalue weighted by atomic mass is 9.48. The monoisotopic (exact) mass is 780 g/mol. The fourth-order valence-electron chi connectivity index (χ4n) is 8.30. The SMILES string of the molecule is CCOc1cc(/C=C2\C(=O)NC(=O)N(c3ccc(C45CC6CC(CC(C6)C4)C5)cc3)C2=O)cc(Br)c1OCc1ccc(I)cc1. The number of carbonyl (C=O) groups excluding carboxylic acids is 3. The second-order valence-corrected chi connectivity index (χ2v) is 15.0. The average molecular weight is 781 g/mol. The van der Waals surface area contributed by atoms with Gasteiger partial charge in [0.1, 0.15) is 12.2 Å². The van der Waals surface area contributed by atoms with E-state index in [-0.39, 0.29) is 11.0 Å². The zero-order valence-corrected chi connectivity index (χ0v) is 28.7. The van der Waals surface area contributed by atoms with E-state index in [0.717, 1.165) is 31.8 Å². The van der Waals surface area contributed by atoms with E-state index in [2.05, 4.69) is 56.0 Å². The highest BCUT2D eigenvalue weighted by Gasteiger charge is 2.51. The number of benzene rings is 3. The van der Waals surface area contributed by atoms with E-state index < -0.39 is 17.8 Å². The molecule has 5 aliphatic rings. The van der Waals surface area contributed by atoms with Gasteiger partial charge in [-0.15, -0.1) is 0 Å². The maximum atomic E-state index is 13.7. The molecule has 3 aromatic carbocycles. The minimum atomic E-state index is -0.750. The average Bonchev–Trinajstić information content (AvgIpc) is 2.99. The Bertz CT molecular complexity index is 1670. The first-order chi connectivity index (χ1) is 21.7. The summed E-state index contributed by atoms with van der Waals surface area (Å²) in [6, 6.07) is 18.7. The molecular weight excluding hydrogens is 747 g/mol. The fraction of sp³-hybridized carbons (Fsp3) is 0.361. The van der Waals surface area contributed by atoms with Crippen molar-refractivity contribution < 1.29 is 23.9 Å². The van der Waals surface area contributed by atoms with E-state index >= 15 is 0 Å². The van der Waals surface area contributed by atoms with Crippen LogP contribution in [-0.4, -0.2) is 24.5 Å². The van der Waals surface area contributed by atoms with Crippen molar-refractivity contribution in [3.05, 3.63) is 91.0 Å². The molecule has 1 heterocycles. The van der Waals surface area contributed by atoms with Gasteiger partial charge in [0, 0.05) is 3.57 Å². The van der Waals surface area contributed by atoms with E-state index in [1.165, 1.54) is 50.2 Å². The molecule has 0 unspecified atom stereocenters. The highest BCUT2D eigenvalue weighted by Crippen LogP contribution is 2.60.